The number of hydrogen-bond acceptors (Lipinski definition) is 2. The zero-order chi connectivity index (χ0) is 16.0. The largest absolute Gasteiger partial charge is 0.497 e. The van der Waals surface area contributed by atoms with E-state index in [1.165, 1.54) is 16.0 Å². The second-order valence-corrected chi connectivity index (χ2v) is 6.43. The molecule has 0 saturated carbocycles. The molecule has 1 aromatic carbocycles. The van der Waals surface area contributed by atoms with Crippen molar-refractivity contribution in [1.82, 2.24) is 0 Å². The van der Waals surface area contributed by atoms with Crippen molar-refractivity contribution < 1.29 is 4.74 Å². The van der Waals surface area contributed by atoms with Gasteiger partial charge in [-0.2, -0.15) is 0 Å². The Morgan fingerprint density at radius 1 is 1.43 bits per heavy atom. The van der Waals surface area contributed by atoms with Gasteiger partial charge < -0.3 is 4.74 Å². The maximum Gasteiger partial charge on any atom is 0.119 e. The number of thioether (sulfide) groups is 1. The average Bonchev–Trinajstić information content (AvgIpc) is 2.53. The van der Waals surface area contributed by atoms with Crippen LogP contribution in [0.25, 0.3) is 0 Å². The molecule has 0 amide bonds. The number of ether oxygens (including phenoxy) is 1. The Hall–Kier alpha value is -1.15. The Kier molecular flexibility index (Phi) is 6.60. The average molecular weight is 304 g/mol. The third-order valence-corrected chi connectivity index (χ3v) is 5.85. The molecule has 0 N–H and O–H groups in total. The fraction of sp³-hybridized carbons (Fsp3) is 0.474. The first-order valence-corrected chi connectivity index (χ1v) is 8.62. The highest BCUT2D eigenvalue weighted by Crippen LogP contribution is 2.52. The summed E-state index contributed by atoms with van der Waals surface area (Å²) in [4.78, 5) is 1.36. The normalized spacial score (nSPS) is 24.5. The molecule has 21 heavy (non-hydrogen) atoms. The molecule has 1 aliphatic rings. The minimum atomic E-state index is 0.195. The molecule has 2 heteroatoms. The lowest BCUT2D eigenvalue weighted by atomic mass is 9.70. The van der Waals surface area contributed by atoms with Crippen molar-refractivity contribution in [3.05, 3.63) is 48.1 Å². The Balaban J connectivity index is 0.00000106. The van der Waals surface area contributed by atoms with Gasteiger partial charge in [-0.25, -0.2) is 0 Å². The van der Waals surface area contributed by atoms with Gasteiger partial charge >= 0.3 is 0 Å². The molecule has 2 unspecified atom stereocenters. The molecule has 0 aromatic heterocycles. The first-order valence-electron chi connectivity index (χ1n) is 7.63. The molecule has 0 spiro atoms. The van der Waals surface area contributed by atoms with E-state index in [1.807, 2.05) is 31.7 Å². The van der Waals surface area contributed by atoms with Crippen LogP contribution in [0.1, 0.15) is 46.1 Å². The first kappa shape index (κ1) is 17.9. The quantitative estimate of drug-likeness (QED) is 0.627. The smallest absolute Gasteiger partial charge is 0.119 e. The molecule has 2 rings (SSSR count). The van der Waals surface area contributed by atoms with Crippen molar-refractivity contribution in [3.63, 3.8) is 0 Å². The lowest BCUT2D eigenvalue weighted by molar-refractivity contribution is 0.365. The zero-order valence-corrected chi connectivity index (χ0v) is 15.0. The van der Waals surface area contributed by atoms with Crippen LogP contribution in [-0.4, -0.2) is 12.9 Å². The minimum Gasteiger partial charge on any atom is -0.497 e. The maximum absolute atomic E-state index is 5.32. The topological polar surface area (TPSA) is 9.23 Å². The van der Waals surface area contributed by atoms with Crippen LogP contribution in [0, 0.1) is 5.41 Å². The monoisotopic (exact) mass is 304 g/mol. The van der Waals surface area contributed by atoms with Crippen molar-refractivity contribution >= 4 is 11.8 Å². The van der Waals surface area contributed by atoms with Crippen LogP contribution >= 0.6 is 11.8 Å². The Labute approximate surface area is 134 Å². The van der Waals surface area contributed by atoms with E-state index in [2.05, 4.69) is 51.6 Å². The molecule has 1 heterocycles. The van der Waals surface area contributed by atoms with Crippen molar-refractivity contribution in [2.24, 2.45) is 5.41 Å². The van der Waals surface area contributed by atoms with Crippen LogP contribution in [0.3, 0.4) is 0 Å². The number of fused-ring (bicyclic) bond motifs is 1. The number of methoxy groups -OCH3 is 1. The van der Waals surface area contributed by atoms with Gasteiger partial charge in [0.1, 0.15) is 5.75 Å². The van der Waals surface area contributed by atoms with Crippen molar-refractivity contribution in [2.45, 2.75) is 45.4 Å². The van der Waals surface area contributed by atoms with Gasteiger partial charge in [0.25, 0.3) is 0 Å². The van der Waals surface area contributed by atoms with Crippen LogP contribution in [-0.2, 0) is 0 Å². The maximum atomic E-state index is 5.32. The third-order valence-electron chi connectivity index (χ3n) is 4.44. The summed E-state index contributed by atoms with van der Waals surface area (Å²) >= 11 is 1.93. The predicted octanol–water partition coefficient (Wildman–Crippen LogP) is 6.07. The van der Waals surface area contributed by atoms with Gasteiger partial charge in [-0.15, -0.1) is 11.8 Å². The van der Waals surface area contributed by atoms with Crippen LogP contribution in [0.15, 0.2) is 47.4 Å². The van der Waals surface area contributed by atoms with Gasteiger partial charge in [0.15, 0.2) is 0 Å². The van der Waals surface area contributed by atoms with Gasteiger partial charge in [-0.3, -0.25) is 0 Å². The highest BCUT2D eigenvalue weighted by molar-refractivity contribution is 7.99. The van der Waals surface area contributed by atoms with Crippen molar-refractivity contribution in [2.75, 3.05) is 12.9 Å². The summed E-state index contributed by atoms with van der Waals surface area (Å²) in [5.41, 5.74) is 3.03. The summed E-state index contributed by atoms with van der Waals surface area (Å²) in [7, 11) is 1.72. The summed E-state index contributed by atoms with van der Waals surface area (Å²) < 4.78 is 5.32. The van der Waals surface area contributed by atoms with E-state index in [0.29, 0.717) is 5.92 Å². The fourth-order valence-corrected chi connectivity index (χ4v) is 4.19. The second kappa shape index (κ2) is 7.74. The van der Waals surface area contributed by atoms with Crippen LogP contribution in [0.4, 0.5) is 0 Å². The lowest BCUT2D eigenvalue weighted by Gasteiger charge is -2.41. The third kappa shape index (κ3) is 3.55. The molecule has 2 atom stereocenters. The van der Waals surface area contributed by atoms with E-state index in [0.717, 1.165) is 11.5 Å². The number of hydrogen-bond donors (Lipinski definition) is 0. The van der Waals surface area contributed by atoms with E-state index in [1.54, 1.807) is 7.11 Å². The molecule has 0 saturated heterocycles. The van der Waals surface area contributed by atoms with Crippen LogP contribution in [0.2, 0.25) is 0 Å². The standard InChI is InChI=1S/C17H22OS.C2H6/c1-6-7-12(2)17(4)11-19-16-10-14(18-5)8-9-15(16)13(17)3;1-2/h6-10,13H,1,11H2,2-5H3;1-2H3/b12-7-;. The minimum absolute atomic E-state index is 0.195. The van der Waals surface area contributed by atoms with Crippen LogP contribution < -0.4 is 4.74 Å². The van der Waals surface area contributed by atoms with Crippen molar-refractivity contribution in [3.8, 4) is 5.75 Å². The number of allylic oxidation sites excluding steroid dienone is 3. The summed E-state index contributed by atoms with van der Waals surface area (Å²) in [6.07, 6.45) is 4.03. The van der Waals surface area contributed by atoms with Crippen LogP contribution in [0.5, 0.6) is 5.75 Å². The van der Waals surface area contributed by atoms with Gasteiger partial charge in [0.05, 0.1) is 7.11 Å². The van der Waals surface area contributed by atoms with E-state index < -0.39 is 0 Å². The van der Waals surface area contributed by atoms with E-state index in [9.17, 15) is 0 Å². The number of benzene rings is 1. The number of rotatable bonds is 3. The van der Waals surface area contributed by atoms with Gasteiger partial charge in [0.2, 0.25) is 0 Å². The van der Waals surface area contributed by atoms with E-state index >= 15 is 0 Å². The second-order valence-electron chi connectivity index (χ2n) is 5.42. The lowest BCUT2D eigenvalue weighted by Crippen LogP contribution is -2.31. The molecular weight excluding hydrogens is 276 g/mol. The Morgan fingerprint density at radius 3 is 2.67 bits per heavy atom. The molecule has 1 aromatic rings. The summed E-state index contributed by atoms with van der Waals surface area (Å²) in [5.74, 6) is 2.55. The molecule has 0 bridgehead atoms. The summed E-state index contributed by atoms with van der Waals surface area (Å²) in [5, 5.41) is 0. The van der Waals surface area contributed by atoms with Gasteiger partial charge in [0, 0.05) is 16.1 Å². The molecule has 0 aliphatic carbocycles. The zero-order valence-electron chi connectivity index (χ0n) is 14.2. The highest BCUT2D eigenvalue weighted by Gasteiger charge is 2.38. The summed E-state index contributed by atoms with van der Waals surface area (Å²) in [6, 6.07) is 6.43. The van der Waals surface area contributed by atoms with Gasteiger partial charge in [-0.05, 0) is 30.5 Å². The molecule has 0 fully saturated rings. The molecule has 1 nitrogen and oxygen atoms in total. The van der Waals surface area contributed by atoms with E-state index in [-0.39, 0.29) is 5.41 Å². The molecule has 116 valence electrons. The fourth-order valence-electron chi connectivity index (χ4n) is 2.64. The predicted molar refractivity (Wildman–Crippen MR) is 95.5 cm³/mol. The summed E-state index contributed by atoms with van der Waals surface area (Å²) in [6.45, 7) is 14.7. The Morgan fingerprint density at radius 2 is 2.10 bits per heavy atom. The first-order chi connectivity index (χ1) is 10.0. The molecule has 0 radical (unpaired) electrons. The Bertz CT molecular complexity index is 518. The van der Waals surface area contributed by atoms with E-state index in [4.69, 9.17) is 4.74 Å². The molecular formula is C19H28OS. The SMILES string of the molecule is C=C/C=C(/C)C1(C)CSc2cc(OC)ccc2C1C.CC. The van der Waals surface area contributed by atoms with Gasteiger partial charge in [-0.1, -0.05) is 58.1 Å². The molecule has 1 aliphatic heterocycles. The highest BCUT2D eigenvalue weighted by atomic mass is 32.2. The van der Waals surface area contributed by atoms with Crippen molar-refractivity contribution in [1.29, 1.82) is 0 Å².